The number of nitriles is 1. The molecule has 3 rings (SSSR count). The van der Waals surface area contributed by atoms with E-state index in [4.69, 9.17) is 5.26 Å². The number of halogens is 4. The Hall–Kier alpha value is -1.77. The summed E-state index contributed by atoms with van der Waals surface area (Å²) >= 11 is 0. The Balaban J connectivity index is 0.00000144. The Kier molecular flexibility index (Phi) is 4.61. The molecule has 0 bridgehead atoms. The average Bonchev–Trinajstić information content (AvgIpc) is 3.17. The molecule has 0 heterocycles. The molecule has 2 aliphatic carbocycles. The van der Waals surface area contributed by atoms with E-state index in [1.807, 2.05) is 0 Å². The molecule has 23 heavy (non-hydrogen) atoms. The summed E-state index contributed by atoms with van der Waals surface area (Å²) in [5.41, 5.74) is -0.525. The minimum absolute atomic E-state index is 0. The first-order valence-electron chi connectivity index (χ1n) is 7.31. The SMILES string of the molecule is C.N#Cc1c(F)cc(OC(F)(F)C2CCC3(CC2)CC3)cc1F.[HH]. The maximum absolute atomic E-state index is 14.2. The van der Waals surface area contributed by atoms with E-state index in [0.717, 1.165) is 25.7 Å². The van der Waals surface area contributed by atoms with Crippen LogP contribution in [0.1, 0.15) is 52.9 Å². The van der Waals surface area contributed by atoms with E-state index in [-0.39, 0.29) is 14.3 Å². The number of alkyl halides is 2. The van der Waals surface area contributed by atoms with Gasteiger partial charge >= 0.3 is 6.11 Å². The van der Waals surface area contributed by atoms with Crippen LogP contribution in [0, 0.1) is 34.3 Å². The van der Waals surface area contributed by atoms with Gasteiger partial charge in [0.25, 0.3) is 0 Å². The van der Waals surface area contributed by atoms with Crippen LogP contribution >= 0.6 is 0 Å². The predicted octanol–water partition coefficient (Wildman–Crippen LogP) is 5.66. The molecule has 0 saturated heterocycles. The molecule has 128 valence electrons. The summed E-state index contributed by atoms with van der Waals surface area (Å²) < 4.78 is 59.8. The van der Waals surface area contributed by atoms with Gasteiger partial charge in [0.2, 0.25) is 0 Å². The summed E-state index contributed by atoms with van der Waals surface area (Å²) in [6.07, 6.45) is 0.974. The highest BCUT2D eigenvalue weighted by molar-refractivity contribution is 5.38. The number of rotatable bonds is 3. The van der Waals surface area contributed by atoms with Crippen molar-refractivity contribution in [1.29, 1.82) is 5.26 Å². The quantitative estimate of drug-likeness (QED) is 0.669. The summed E-state index contributed by atoms with van der Waals surface area (Å²) in [5, 5.41) is 8.56. The van der Waals surface area contributed by atoms with Crippen LogP contribution in [0.4, 0.5) is 17.6 Å². The lowest BCUT2D eigenvalue weighted by Gasteiger charge is -2.33. The fourth-order valence-electron chi connectivity index (χ4n) is 3.20. The maximum atomic E-state index is 14.2. The minimum Gasteiger partial charge on any atom is -0.432 e. The molecule has 2 fully saturated rings. The van der Waals surface area contributed by atoms with Gasteiger partial charge in [0, 0.05) is 13.6 Å². The number of nitrogens with zero attached hydrogens (tertiary/aromatic N) is 1. The van der Waals surface area contributed by atoms with Crippen molar-refractivity contribution in [2.24, 2.45) is 11.3 Å². The monoisotopic (exact) mass is 331 g/mol. The lowest BCUT2D eigenvalue weighted by molar-refractivity contribution is -0.224. The molecule has 0 aliphatic heterocycles. The second-order valence-corrected chi connectivity index (χ2v) is 6.31. The van der Waals surface area contributed by atoms with Crippen molar-refractivity contribution in [1.82, 2.24) is 0 Å². The van der Waals surface area contributed by atoms with E-state index >= 15 is 0 Å². The van der Waals surface area contributed by atoms with Crippen molar-refractivity contribution in [3.63, 3.8) is 0 Å². The van der Waals surface area contributed by atoms with Crippen molar-refractivity contribution in [3.8, 4) is 11.8 Å². The largest absolute Gasteiger partial charge is 0.432 e. The van der Waals surface area contributed by atoms with Gasteiger partial charge in [-0.3, -0.25) is 0 Å². The highest BCUT2D eigenvalue weighted by Gasteiger charge is 2.51. The van der Waals surface area contributed by atoms with Crippen LogP contribution in [0.5, 0.6) is 5.75 Å². The zero-order valence-electron chi connectivity index (χ0n) is 11.8. The molecule has 0 aromatic heterocycles. The normalized spacial score (nSPS) is 19.8. The van der Waals surface area contributed by atoms with Crippen LogP contribution in [-0.4, -0.2) is 6.11 Å². The number of ether oxygens (including phenoxy) is 1. The van der Waals surface area contributed by atoms with Gasteiger partial charge in [-0.15, -0.1) is 0 Å². The summed E-state index contributed by atoms with van der Waals surface area (Å²) in [6, 6.07) is 2.59. The number of hydrogen-bond acceptors (Lipinski definition) is 2. The van der Waals surface area contributed by atoms with Gasteiger partial charge in [0.15, 0.2) is 0 Å². The third-order valence-corrected chi connectivity index (χ3v) is 4.86. The summed E-state index contributed by atoms with van der Waals surface area (Å²) in [7, 11) is 0. The Bertz CT molecular complexity index is 607. The van der Waals surface area contributed by atoms with Gasteiger partial charge in [-0.1, -0.05) is 7.43 Å². The van der Waals surface area contributed by atoms with Crippen LogP contribution in [0.3, 0.4) is 0 Å². The summed E-state index contributed by atoms with van der Waals surface area (Å²) in [4.78, 5) is 0. The first kappa shape index (κ1) is 17.6. The van der Waals surface area contributed by atoms with Gasteiger partial charge in [-0.05, 0) is 43.9 Å². The third-order valence-electron chi connectivity index (χ3n) is 4.86. The number of hydrogen-bond donors (Lipinski definition) is 0. The second-order valence-electron chi connectivity index (χ2n) is 6.31. The zero-order chi connectivity index (χ0) is 16.0. The van der Waals surface area contributed by atoms with Crippen molar-refractivity contribution < 1.29 is 23.7 Å². The van der Waals surface area contributed by atoms with E-state index in [1.54, 1.807) is 0 Å². The van der Waals surface area contributed by atoms with Crippen molar-refractivity contribution in [3.05, 3.63) is 29.3 Å². The maximum Gasteiger partial charge on any atom is 0.400 e. The molecule has 0 N–H and O–H groups in total. The summed E-state index contributed by atoms with van der Waals surface area (Å²) in [6.45, 7) is 0. The molecule has 1 spiro atoms. The van der Waals surface area contributed by atoms with E-state index < -0.39 is 35.0 Å². The van der Waals surface area contributed by atoms with Gasteiger partial charge < -0.3 is 4.74 Å². The molecule has 2 nitrogen and oxygen atoms in total. The molecule has 1 aromatic rings. The van der Waals surface area contributed by atoms with Gasteiger partial charge in [0.05, 0.1) is 5.92 Å². The predicted molar refractivity (Wildman–Crippen MR) is 79.1 cm³/mol. The Labute approximate surface area is 134 Å². The molecule has 0 radical (unpaired) electrons. The van der Waals surface area contributed by atoms with E-state index in [1.165, 1.54) is 6.07 Å². The van der Waals surface area contributed by atoms with E-state index in [0.29, 0.717) is 25.0 Å². The Morgan fingerprint density at radius 3 is 2.09 bits per heavy atom. The fourth-order valence-corrected chi connectivity index (χ4v) is 3.20. The first-order chi connectivity index (χ1) is 10.4. The van der Waals surface area contributed by atoms with Crippen LogP contribution in [-0.2, 0) is 0 Å². The summed E-state index contributed by atoms with van der Waals surface area (Å²) in [5.74, 6) is -3.94. The van der Waals surface area contributed by atoms with Gasteiger partial charge in [-0.25, -0.2) is 8.78 Å². The van der Waals surface area contributed by atoms with Crippen LogP contribution in [0.2, 0.25) is 0 Å². The van der Waals surface area contributed by atoms with Crippen LogP contribution < -0.4 is 4.74 Å². The topological polar surface area (TPSA) is 33.0 Å². The van der Waals surface area contributed by atoms with Gasteiger partial charge in [0.1, 0.15) is 29.0 Å². The zero-order valence-corrected chi connectivity index (χ0v) is 11.8. The fraction of sp³-hybridized carbons (Fsp3) is 0.588. The third kappa shape index (κ3) is 3.44. The lowest BCUT2D eigenvalue weighted by atomic mass is 9.79. The van der Waals surface area contributed by atoms with Crippen molar-refractivity contribution in [2.45, 2.75) is 52.1 Å². The molecule has 2 saturated carbocycles. The van der Waals surface area contributed by atoms with Crippen molar-refractivity contribution >= 4 is 0 Å². The molecule has 1 aromatic carbocycles. The highest BCUT2D eigenvalue weighted by atomic mass is 19.3. The molecule has 6 heteroatoms. The smallest absolute Gasteiger partial charge is 0.400 e. The van der Waals surface area contributed by atoms with Crippen molar-refractivity contribution in [2.75, 3.05) is 0 Å². The molecule has 0 unspecified atom stereocenters. The van der Waals surface area contributed by atoms with Gasteiger partial charge in [-0.2, -0.15) is 14.0 Å². The van der Waals surface area contributed by atoms with E-state index in [2.05, 4.69) is 4.74 Å². The number of benzene rings is 1. The molecular weight excluding hydrogens is 310 g/mol. The molecule has 0 amide bonds. The van der Waals surface area contributed by atoms with Crippen LogP contribution in [0.25, 0.3) is 0 Å². The second kappa shape index (κ2) is 6.03. The lowest BCUT2D eigenvalue weighted by Crippen LogP contribution is -2.37. The average molecular weight is 331 g/mol. The Morgan fingerprint density at radius 2 is 1.65 bits per heavy atom. The highest BCUT2D eigenvalue weighted by Crippen LogP contribution is 2.58. The van der Waals surface area contributed by atoms with Crippen LogP contribution in [0.15, 0.2) is 12.1 Å². The minimum atomic E-state index is -3.47. The first-order valence-corrected chi connectivity index (χ1v) is 7.31. The molecule has 2 aliphatic rings. The standard InChI is InChI=1S/C16H15F4NO.CH4.H2/c17-13-7-11(8-14(18)12(13)9-21)22-16(19,20)10-1-3-15(4-2-10)5-6-15;;/h7-8,10H,1-6H2;1H4;1H. The van der Waals surface area contributed by atoms with E-state index in [9.17, 15) is 17.6 Å². The molecular formula is C17H21F4NO. The Morgan fingerprint density at radius 1 is 1.13 bits per heavy atom. The molecule has 0 atom stereocenters.